The zero-order valence-corrected chi connectivity index (χ0v) is 44.3. The highest BCUT2D eigenvalue weighted by Crippen LogP contribution is 2.35. The number of rotatable bonds is 23. The van der Waals surface area contributed by atoms with Crippen molar-refractivity contribution in [3.8, 4) is 0 Å². The third-order valence-corrected chi connectivity index (χ3v) is 14.2. The van der Waals surface area contributed by atoms with E-state index in [0.29, 0.717) is 59.7 Å². The van der Waals surface area contributed by atoms with Crippen molar-refractivity contribution in [3.05, 3.63) is 132 Å². The summed E-state index contributed by atoms with van der Waals surface area (Å²) in [7, 11) is -18.6. The number of aryl methyl sites for hydroxylation is 2. The Balaban J connectivity index is 1.07. The predicted molar refractivity (Wildman–Crippen MR) is 285 cm³/mol. The van der Waals surface area contributed by atoms with Gasteiger partial charge in [-0.1, -0.05) is 6.42 Å². The van der Waals surface area contributed by atoms with Gasteiger partial charge in [0, 0.05) is 24.3 Å². The molecule has 32 heteroatoms. The molecular formula is C47H44N14O14S4. The average Bonchev–Trinajstić information content (AvgIpc) is 3.40. The molecule has 0 radical (unpaired) electrons. The number of azo groups is 4. The van der Waals surface area contributed by atoms with Crippen LogP contribution in [-0.2, 0) is 45.3 Å². The van der Waals surface area contributed by atoms with Gasteiger partial charge in [0.05, 0.1) is 43.9 Å². The Labute approximate surface area is 450 Å². The molecule has 1 aromatic heterocycles. The first-order chi connectivity index (χ1) is 37.3. The van der Waals surface area contributed by atoms with Gasteiger partial charge in [-0.2, -0.15) is 79.3 Å². The van der Waals surface area contributed by atoms with E-state index in [0.717, 1.165) is 36.4 Å². The van der Waals surface area contributed by atoms with Crippen molar-refractivity contribution >= 4 is 121 Å². The molecule has 0 aliphatic carbocycles. The summed E-state index contributed by atoms with van der Waals surface area (Å²) in [4.78, 5) is 22.5. The van der Waals surface area contributed by atoms with Gasteiger partial charge in [0.2, 0.25) is 17.8 Å². The van der Waals surface area contributed by atoms with Crippen LogP contribution in [0.15, 0.2) is 182 Å². The maximum Gasteiger partial charge on any atom is 0.303 e. The Bertz CT molecular complexity index is 3790. The highest BCUT2D eigenvalue weighted by molar-refractivity contribution is 7.86. The van der Waals surface area contributed by atoms with Gasteiger partial charge in [0.25, 0.3) is 40.5 Å². The van der Waals surface area contributed by atoms with Crippen LogP contribution in [0.5, 0.6) is 0 Å². The maximum atomic E-state index is 12.4. The number of unbranched alkanes of at least 4 members (excludes halogenated alkanes) is 2. The second-order valence-electron chi connectivity index (χ2n) is 16.7. The number of nitrogens with zero attached hydrogens (tertiary/aromatic N) is 11. The Morgan fingerprint density at radius 2 is 0.797 bits per heavy atom. The molecule has 0 aliphatic heterocycles. The van der Waals surface area contributed by atoms with Crippen molar-refractivity contribution in [2.24, 2.45) is 40.9 Å². The van der Waals surface area contributed by atoms with Gasteiger partial charge in [-0.05, 0) is 159 Å². The number of hydrogen-bond acceptors (Lipinski definition) is 23. The molecule has 28 nitrogen and oxygen atoms in total. The van der Waals surface area contributed by atoms with E-state index in [4.69, 9.17) is 5.11 Å². The van der Waals surface area contributed by atoms with Crippen molar-refractivity contribution in [2.75, 3.05) is 22.5 Å². The van der Waals surface area contributed by atoms with Crippen molar-refractivity contribution in [2.45, 2.75) is 59.1 Å². The number of aromatic nitrogens is 3. The number of carboxylic acids is 1. The van der Waals surface area contributed by atoms with Crippen LogP contribution >= 0.6 is 0 Å². The normalized spacial score (nSPS) is 12.5. The molecule has 0 unspecified atom stereocenters. The molecule has 8 N–H and O–H groups in total. The van der Waals surface area contributed by atoms with Crippen LogP contribution < -0.4 is 16.0 Å². The summed E-state index contributed by atoms with van der Waals surface area (Å²) in [5, 5.41) is 50.7. The number of hydrogen-bond donors (Lipinski definition) is 8. The summed E-state index contributed by atoms with van der Waals surface area (Å²) in [6.45, 7) is 3.81. The molecule has 0 amide bonds. The fourth-order valence-electron chi connectivity index (χ4n) is 6.82. The lowest BCUT2D eigenvalue weighted by atomic mass is 10.2. The number of aliphatic carboxylic acids is 1. The minimum atomic E-state index is -4.85. The van der Waals surface area contributed by atoms with Crippen molar-refractivity contribution < 1.29 is 61.8 Å². The Hall–Kier alpha value is -8.76. The number of nitrogens with one attached hydrogen (secondary N) is 3. The molecule has 0 spiro atoms. The lowest BCUT2D eigenvalue weighted by Crippen LogP contribution is -2.10. The minimum Gasteiger partial charge on any atom is -0.481 e. The summed E-state index contributed by atoms with van der Waals surface area (Å²) in [5.74, 6) is -0.559. The van der Waals surface area contributed by atoms with Crippen molar-refractivity contribution in [1.82, 2.24) is 15.0 Å². The van der Waals surface area contributed by atoms with Gasteiger partial charge in [-0.3, -0.25) is 23.0 Å². The van der Waals surface area contributed by atoms with Crippen LogP contribution in [0.2, 0.25) is 0 Å². The lowest BCUT2D eigenvalue weighted by molar-refractivity contribution is -0.137. The second kappa shape index (κ2) is 24.7. The zero-order chi connectivity index (χ0) is 57.1. The highest BCUT2D eigenvalue weighted by atomic mass is 32.2. The van der Waals surface area contributed by atoms with E-state index in [9.17, 15) is 56.7 Å². The molecule has 79 heavy (non-hydrogen) atoms. The molecule has 7 aromatic rings. The molecule has 0 atom stereocenters. The van der Waals surface area contributed by atoms with Gasteiger partial charge in [-0.15, -0.1) is 10.2 Å². The fourth-order valence-corrected chi connectivity index (χ4v) is 9.06. The molecule has 0 saturated carbocycles. The molecule has 410 valence electrons. The largest absolute Gasteiger partial charge is 0.481 e. The van der Waals surface area contributed by atoms with Crippen LogP contribution in [0.25, 0.3) is 0 Å². The molecule has 0 saturated heterocycles. The van der Waals surface area contributed by atoms with Crippen LogP contribution in [0.3, 0.4) is 0 Å². The summed E-state index contributed by atoms with van der Waals surface area (Å²) in [6.07, 6.45) is 1.74. The smallest absolute Gasteiger partial charge is 0.303 e. The quantitative estimate of drug-likeness (QED) is 0.0167. The number of carboxylic acid groups (broad SMARTS) is 1. The Kier molecular flexibility index (Phi) is 18.1. The number of anilines is 5. The molecule has 0 fully saturated rings. The maximum absolute atomic E-state index is 12.4. The van der Waals surface area contributed by atoms with E-state index in [1.807, 2.05) is 0 Å². The first-order valence-corrected chi connectivity index (χ1v) is 28.6. The highest BCUT2D eigenvalue weighted by Gasteiger charge is 2.19. The Morgan fingerprint density at radius 3 is 1.18 bits per heavy atom. The average molecular weight is 1160 g/mol. The van der Waals surface area contributed by atoms with Gasteiger partial charge < -0.3 is 21.1 Å². The number of carbonyl (C=O) groups is 1. The molecule has 7 rings (SSSR count). The topological polar surface area (TPSA) is 428 Å². The molecule has 1 heterocycles. The molecule has 0 aliphatic rings. The van der Waals surface area contributed by atoms with Gasteiger partial charge in [-0.25, -0.2) is 0 Å². The van der Waals surface area contributed by atoms with Gasteiger partial charge >= 0.3 is 5.97 Å². The van der Waals surface area contributed by atoms with Crippen LogP contribution in [-0.4, -0.2) is 84.5 Å². The zero-order valence-electron chi connectivity index (χ0n) is 41.0. The monoisotopic (exact) mass is 1160 g/mol. The summed E-state index contributed by atoms with van der Waals surface area (Å²) in [6, 6.07) is 26.5. The van der Waals surface area contributed by atoms with E-state index in [1.165, 1.54) is 48.5 Å². The predicted octanol–water partition coefficient (Wildman–Crippen LogP) is 11.7. The van der Waals surface area contributed by atoms with Crippen LogP contribution in [0.4, 0.5) is 74.7 Å². The minimum absolute atomic E-state index is 0.00505. The fraction of sp³-hybridized carbons (Fsp3) is 0.149. The van der Waals surface area contributed by atoms with E-state index in [1.54, 1.807) is 50.2 Å². The molecule has 0 bridgehead atoms. The van der Waals surface area contributed by atoms with E-state index >= 15 is 0 Å². The third-order valence-electron chi connectivity index (χ3n) is 10.7. The van der Waals surface area contributed by atoms with Gasteiger partial charge in [0.15, 0.2) is 0 Å². The SMILES string of the molecule is Cc1cc(Nc2nc(NCCCCCC(=O)O)nc(Nc3ccc(N=Nc4ccc(N=Nc5ccc(S(=O)(=O)O)cc5)cc4S(=O)(=O)O)c(C)c3)n2)ccc1N=Nc1ccc(N=Nc2ccc(S(=O)(=O)O)cc2)cc1S(=O)(=O)O. The molecular weight excluding hydrogens is 1110 g/mol. The lowest BCUT2D eigenvalue weighted by Gasteiger charge is -2.13. The van der Waals surface area contributed by atoms with Crippen molar-refractivity contribution in [3.63, 3.8) is 0 Å². The van der Waals surface area contributed by atoms with E-state index < -0.39 is 56.2 Å². The Morgan fingerprint density at radius 1 is 0.430 bits per heavy atom. The van der Waals surface area contributed by atoms with Gasteiger partial charge in [0.1, 0.15) is 21.2 Å². The van der Waals surface area contributed by atoms with E-state index in [2.05, 4.69) is 71.8 Å². The van der Waals surface area contributed by atoms with Crippen molar-refractivity contribution in [1.29, 1.82) is 0 Å². The first-order valence-electron chi connectivity index (χ1n) is 22.8. The summed E-state index contributed by atoms with van der Waals surface area (Å²) in [5.41, 5.74) is 2.61. The first kappa shape index (κ1) is 57.9. The van der Waals surface area contributed by atoms with Crippen LogP contribution in [0.1, 0.15) is 36.8 Å². The second-order valence-corrected chi connectivity index (χ2v) is 22.3. The third kappa shape index (κ3) is 16.9. The standard InChI is InChI=1S/C47H44N14O14S4/c1-28-24-32(11-19-38(28)58-60-40-21-13-34(26-42(40)78(70,71)72)56-54-30-7-15-36(16-8-30)76(64,65)66)49-46-51-45(48-23-5-3-4-6-44(62)63)52-47(53-46)50-33-12-20-39(29(2)25-33)59-61-41-22-14-35(27-43(41)79(73,74)75)57-55-31-9-17-37(18-10-31)77(67,68)69/h7-22,24-27H,3-6,23H2,1-2H3,(H,62,63)(H,64,65,66)(H,67,68,69)(H,70,71,72)(H,73,74,75)(H3,48,49,50,51,52,53). The number of benzene rings is 6. The van der Waals surface area contributed by atoms with Crippen LogP contribution in [0, 0.1) is 13.8 Å². The molecule has 6 aromatic carbocycles. The van der Waals surface area contributed by atoms with E-state index in [-0.39, 0.29) is 68.2 Å². The summed E-state index contributed by atoms with van der Waals surface area (Å²) < 4.78 is 133. The summed E-state index contributed by atoms with van der Waals surface area (Å²) >= 11 is 0.